The molecule has 80 valence electrons. The second kappa shape index (κ2) is 4.00. The molecule has 0 amide bonds. The fraction of sp³-hybridized carbons (Fsp3) is 0.625. The first-order valence-electron chi connectivity index (χ1n) is 4.50. The molecular weight excluding hydrogens is 202 g/mol. The summed E-state index contributed by atoms with van der Waals surface area (Å²) in [6, 6.07) is 0. The lowest BCUT2D eigenvalue weighted by Gasteiger charge is -2.02. The first-order valence-corrected chi connectivity index (χ1v) is 6.33. The van der Waals surface area contributed by atoms with Crippen molar-refractivity contribution in [1.82, 2.24) is 9.78 Å². The summed E-state index contributed by atoms with van der Waals surface area (Å²) < 4.78 is 24.2. The molecule has 0 saturated heterocycles. The number of aromatic nitrogens is 2. The van der Waals surface area contributed by atoms with Crippen molar-refractivity contribution in [3.8, 4) is 0 Å². The zero-order valence-corrected chi connectivity index (χ0v) is 9.21. The molecule has 0 aliphatic carbocycles. The van der Waals surface area contributed by atoms with Crippen molar-refractivity contribution >= 4 is 15.7 Å². The fourth-order valence-corrected chi connectivity index (χ4v) is 2.04. The Balaban J connectivity index is 2.93. The minimum atomic E-state index is -3.02. The van der Waals surface area contributed by atoms with Gasteiger partial charge in [0, 0.05) is 17.9 Å². The molecular formula is C8H15N3O2S. The maximum absolute atomic E-state index is 11.3. The number of hydrogen-bond donors (Lipinski definition) is 1. The van der Waals surface area contributed by atoms with Gasteiger partial charge in [0.1, 0.15) is 5.82 Å². The van der Waals surface area contributed by atoms with Gasteiger partial charge in [-0.25, -0.2) is 8.42 Å². The molecule has 1 aromatic rings. The van der Waals surface area contributed by atoms with E-state index in [9.17, 15) is 8.42 Å². The van der Waals surface area contributed by atoms with Crippen LogP contribution in [0.1, 0.15) is 19.4 Å². The maximum atomic E-state index is 11.3. The Bertz CT molecular complexity index is 408. The number of anilines is 1. The average molecular weight is 217 g/mol. The van der Waals surface area contributed by atoms with E-state index in [1.54, 1.807) is 11.6 Å². The van der Waals surface area contributed by atoms with Crippen LogP contribution in [0.5, 0.6) is 0 Å². The van der Waals surface area contributed by atoms with E-state index in [0.717, 1.165) is 0 Å². The average Bonchev–Trinajstić information content (AvgIpc) is 2.47. The molecule has 14 heavy (non-hydrogen) atoms. The van der Waals surface area contributed by atoms with Gasteiger partial charge in [-0.15, -0.1) is 0 Å². The molecule has 0 aliphatic heterocycles. The Labute approximate surface area is 83.8 Å². The summed E-state index contributed by atoms with van der Waals surface area (Å²) >= 11 is 0. The van der Waals surface area contributed by atoms with Crippen LogP contribution in [0.3, 0.4) is 0 Å². The van der Waals surface area contributed by atoms with E-state index >= 15 is 0 Å². The molecule has 0 fully saturated rings. The fourth-order valence-electron chi connectivity index (χ4n) is 1.14. The van der Waals surface area contributed by atoms with E-state index in [2.05, 4.69) is 5.10 Å². The van der Waals surface area contributed by atoms with E-state index in [0.29, 0.717) is 17.9 Å². The minimum Gasteiger partial charge on any atom is -0.384 e. The summed E-state index contributed by atoms with van der Waals surface area (Å²) in [5.74, 6) is 0.559. The van der Waals surface area contributed by atoms with Gasteiger partial charge in [-0.2, -0.15) is 5.10 Å². The third kappa shape index (κ3) is 2.25. The largest absolute Gasteiger partial charge is 0.384 e. The molecule has 6 heteroatoms. The van der Waals surface area contributed by atoms with Gasteiger partial charge in [0.25, 0.3) is 0 Å². The molecule has 1 rings (SSSR count). The van der Waals surface area contributed by atoms with Crippen LogP contribution in [0.15, 0.2) is 6.20 Å². The van der Waals surface area contributed by atoms with E-state index in [1.807, 2.05) is 6.92 Å². The normalized spacial score (nSPS) is 11.9. The van der Waals surface area contributed by atoms with Crippen molar-refractivity contribution in [1.29, 1.82) is 0 Å². The van der Waals surface area contributed by atoms with Crippen LogP contribution in [-0.2, 0) is 22.1 Å². The molecule has 0 saturated carbocycles. The van der Waals surface area contributed by atoms with Crippen molar-refractivity contribution in [2.24, 2.45) is 0 Å². The summed E-state index contributed by atoms with van der Waals surface area (Å²) in [4.78, 5) is 0. The molecule has 0 radical (unpaired) electrons. The van der Waals surface area contributed by atoms with Crippen molar-refractivity contribution in [2.45, 2.75) is 26.1 Å². The van der Waals surface area contributed by atoms with Crippen LogP contribution in [-0.4, -0.2) is 24.0 Å². The van der Waals surface area contributed by atoms with Crippen molar-refractivity contribution < 1.29 is 8.42 Å². The molecule has 0 aromatic carbocycles. The Morgan fingerprint density at radius 2 is 2.14 bits per heavy atom. The van der Waals surface area contributed by atoms with Gasteiger partial charge in [0.2, 0.25) is 0 Å². The Morgan fingerprint density at radius 3 is 2.57 bits per heavy atom. The van der Waals surface area contributed by atoms with Crippen molar-refractivity contribution in [3.05, 3.63) is 11.8 Å². The minimum absolute atomic E-state index is 0.0185. The Morgan fingerprint density at radius 1 is 1.50 bits per heavy atom. The van der Waals surface area contributed by atoms with Gasteiger partial charge >= 0.3 is 0 Å². The number of aryl methyl sites for hydroxylation is 1. The molecule has 0 aliphatic rings. The number of hydrogen-bond acceptors (Lipinski definition) is 4. The van der Waals surface area contributed by atoms with Crippen LogP contribution >= 0.6 is 0 Å². The number of rotatable bonds is 4. The van der Waals surface area contributed by atoms with E-state index < -0.39 is 9.84 Å². The highest BCUT2D eigenvalue weighted by molar-refractivity contribution is 7.90. The second-order valence-electron chi connectivity index (χ2n) is 3.05. The molecule has 1 heterocycles. The Kier molecular flexibility index (Phi) is 3.15. The number of nitrogen functional groups attached to an aromatic ring is 1. The van der Waals surface area contributed by atoms with Gasteiger partial charge < -0.3 is 5.73 Å². The molecule has 0 bridgehead atoms. The standard InChI is InChI=1S/C8H15N3O2S/c1-3-11-8(9)7(5-10-11)6-14(12,13)4-2/h5H,3-4,6,9H2,1-2H3. The topological polar surface area (TPSA) is 78.0 Å². The summed E-state index contributed by atoms with van der Waals surface area (Å²) in [6.45, 7) is 4.18. The molecule has 0 atom stereocenters. The lowest BCUT2D eigenvalue weighted by atomic mass is 10.4. The monoisotopic (exact) mass is 217 g/mol. The maximum Gasteiger partial charge on any atom is 0.154 e. The third-order valence-electron chi connectivity index (χ3n) is 2.07. The summed E-state index contributed by atoms with van der Waals surface area (Å²) in [5.41, 5.74) is 6.30. The zero-order chi connectivity index (χ0) is 10.8. The van der Waals surface area contributed by atoms with Crippen molar-refractivity contribution in [3.63, 3.8) is 0 Å². The van der Waals surface area contributed by atoms with Gasteiger partial charge in [0.05, 0.1) is 11.9 Å². The predicted octanol–water partition coefficient (Wildman–Crippen LogP) is 0.420. The molecule has 0 unspecified atom stereocenters. The SMILES string of the molecule is CCn1ncc(CS(=O)(=O)CC)c1N. The number of sulfone groups is 1. The predicted molar refractivity (Wildman–Crippen MR) is 55.5 cm³/mol. The van der Waals surface area contributed by atoms with Crippen LogP contribution in [0.25, 0.3) is 0 Å². The van der Waals surface area contributed by atoms with Gasteiger partial charge in [-0.1, -0.05) is 6.92 Å². The third-order valence-corrected chi connectivity index (χ3v) is 3.71. The highest BCUT2D eigenvalue weighted by Gasteiger charge is 2.14. The second-order valence-corrected chi connectivity index (χ2v) is 5.40. The van der Waals surface area contributed by atoms with Gasteiger partial charge in [-0.05, 0) is 6.92 Å². The smallest absolute Gasteiger partial charge is 0.154 e. The zero-order valence-electron chi connectivity index (χ0n) is 8.40. The molecule has 2 N–H and O–H groups in total. The molecule has 5 nitrogen and oxygen atoms in total. The lowest BCUT2D eigenvalue weighted by molar-refractivity contribution is 0.596. The first kappa shape index (κ1) is 11.0. The number of nitrogens with two attached hydrogens (primary N) is 1. The van der Waals surface area contributed by atoms with Crippen LogP contribution in [0.2, 0.25) is 0 Å². The quantitative estimate of drug-likeness (QED) is 0.792. The molecule has 1 aromatic heterocycles. The highest BCUT2D eigenvalue weighted by atomic mass is 32.2. The first-order chi connectivity index (χ1) is 6.50. The van der Waals surface area contributed by atoms with Crippen LogP contribution in [0.4, 0.5) is 5.82 Å². The molecule has 0 spiro atoms. The summed E-state index contributed by atoms with van der Waals surface area (Å²) in [5, 5.41) is 3.98. The van der Waals surface area contributed by atoms with Crippen molar-refractivity contribution in [2.75, 3.05) is 11.5 Å². The van der Waals surface area contributed by atoms with E-state index in [-0.39, 0.29) is 11.5 Å². The number of nitrogens with zero attached hydrogens (tertiary/aromatic N) is 2. The van der Waals surface area contributed by atoms with E-state index in [4.69, 9.17) is 5.73 Å². The highest BCUT2D eigenvalue weighted by Crippen LogP contribution is 2.14. The summed E-state index contributed by atoms with van der Waals surface area (Å²) in [6.07, 6.45) is 1.52. The lowest BCUT2D eigenvalue weighted by Crippen LogP contribution is -2.09. The Hall–Kier alpha value is -1.04. The summed E-state index contributed by atoms with van der Waals surface area (Å²) in [7, 11) is -3.02. The van der Waals surface area contributed by atoms with Crippen LogP contribution in [0, 0.1) is 0 Å². The van der Waals surface area contributed by atoms with Gasteiger partial charge in [-0.3, -0.25) is 4.68 Å². The van der Waals surface area contributed by atoms with Gasteiger partial charge in [0.15, 0.2) is 9.84 Å². The van der Waals surface area contributed by atoms with Crippen LogP contribution < -0.4 is 5.73 Å². The van der Waals surface area contributed by atoms with E-state index in [1.165, 1.54) is 6.20 Å².